The van der Waals surface area contributed by atoms with Gasteiger partial charge in [-0.3, -0.25) is 19.1 Å². The highest BCUT2D eigenvalue weighted by atomic mass is 16.4. The van der Waals surface area contributed by atoms with Crippen LogP contribution >= 0.6 is 0 Å². The lowest BCUT2D eigenvalue weighted by atomic mass is 9.83. The first-order valence-corrected chi connectivity index (χ1v) is 14.8. The van der Waals surface area contributed by atoms with Gasteiger partial charge in [-0.2, -0.15) is 0 Å². The third-order valence-corrected chi connectivity index (χ3v) is 9.57. The lowest BCUT2D eigenvalue weighted by molar-refractivity contribution is -0.145. The van der Waals surface area contributed by atoms with Crippen LogP contribution in [0.1, 0.15) is 62.5 Å². The Labute approximate surface area is 230 Å². The van der Waals surface area contributed by atoms with E-state index in [4.69, 9.17) is 0 Å². The van der Waals surface area contributed by atoms with Gasteiger partial charge in [-0.25, -0.2) is 4.98 Å². The molecule has 39 heavy (non-hydrogen) atoms. The van der Waals surface area contributed by atoms with Gasteiger partial charge in [-0.15, -0.1) is 0 Å². The number of hydrogen-bond donors (Lipinski definition) is 1. The van der Waals surface area contributed by atoms with Crippen LogP contribution in [0.4, 0.5) is 0 Å². The Balaban J connectivity index is 1.16. The van der Waals surface area contributed by atoms with Crippen molar-refractivity contribution in [3.63, 3.8) is 0 Å². The minimum atomic E-state index is -0.649. The highest BCUT2D eigenvalue weighted by molar-refractivity contribution is 5.77. The van der Waals surface area contributed by atoms with E-state index in [9.17, 15) is 14.7 Å². The van der Waals surface area contributed by atoms with Crippen LogP contribution in [-0.2, 0) is 4.79 Å². The zero-order valence-corrected chi connectivity index (χ0v) is 22.7. The average molecular weight is 529 g/mol. The van der Waals surface area contributed by atoms with Gasteiger partial charge >= 0.3 is 5.97 Å². The Hall–Kier alpha value is -3.03. The zero-order valence-electron chi connectivity index (χ0n) is 22.7. The molecule has 1 aliphatic carbocycles. The molecule has 1 aromatic heterocycles. The monoisotopic (exact) mass is 528 g/mol. The fourth-order valence-corrected chi connectivity index (χ4v) is 7.56. The number of aromatic nitrogens is 2. The van der Waals surface area contributed by atoms with Gasteiger partial charge in [0, 0.05) is 44.7 Å². The lowest BCUT2D eigenvalue weighted by Crippen LogP contribution is -2.46. The summed E-state index contributed by atoms with van der Waals surface area (Å²) in [6, 6.07) is 18.0. The summed E-state index contributed by atoms with van der Waals surface area (Å²) in [5.74, 6) is 0.335. The highest BCUT2D eigenvalue weighted by Crippen LogP contribution is 2.38. The van der Waals surface area contributed by atoms with E-state index >= 15 is 0 Å². The minimum absolute atomic E-state index is 0.0528. The smallest absolute Gasteiger partial charge is 0.321 e. The molecule has 3 aromatic rings. The van der Waals surface area contributed by atoms with E-state index in [2.05, 4.69) is 45.1 Å². The van der Waals surface area contributed by atoms with E-state index in [-0.39, 0.29) is 23.6 Å². The summed E-state index contributed by atoms with van der Waals surface area (Å²) in [5.41, 5.74) is 2.13. The first-order chi connectivity index (χ1) is 19.1. The predicted molar refractivity (Wildman–Crippen MR) is 153 cm³/mol. The number of rotatable bonds is 7. The van der Waals surface area contributed by atoms with Crippen molar-refractivity contribution in [2.75, 3.05) is 32.7 Å². The van der Waals surface area contributed by atoms with E-state index in [1.807, 2.05) is 28.8 Å². The molecule has 6 rings (SSSR count). The Morgan fingerprint density at radius 3 is 2.38 bits per heavy atom. The van der Waals surface area contributed by atoms with Gasteiger partial charge in [-0.1, -0.05) is 61.7 Å². The van der Waals surface area contributed by atoms with Crippen LogP contribution in [-0.4, -0.2) is 69.2 Å². The molecule has 1 unspecified atom stereocenters. The highest BCUT2D eigenvalue weighted by Gasteiger charge is 2.43. The number of carboxylic acids is 1. The summed E-state index contributed by atoms with van der Waals surface area (Å²) in [5, 5.41) is 11.0. The summed E-state index contributed by atoms with van der Waals surface area (Å²) < 4.78 is 1.84. The first-order valence-electron chi connectivity index (χ1n) is 14.8. The molecule has 7 heteroatoms. The maximum absolute atomic E-state index is 13.1. The molecule has 2 aromatic carbocycles. The molecule has 0 spiro atoms. The maximum Gasteiger partial charge on any atom is 0.321 e. The topological polar surface area (TPSA) is 78.7 Å². The molecule has 0 bridgehead atoms. The van der Waals surface area contributed by atoms with Crippen molar-refractivity contribution in [1.82, 2.24) is 19.4 Å². The molecule has 3 fully saturated rings. The predicted octanol–water partition coefficient (Wildman–Crippen LogP) is 4.78. The first kappa shape index (κ1) is 26.2. The van der Waals surface area contributed by atoms with Gasteiger partial charge < -0.3 is 10.0 Å². The van der Waals surface area contributed by atoms with Gasteiger partial charge in [0.15, 0.2) is 0 Å². The average Bonchev–Trinajstić information content (AvgIpc) is 3.37. The SMILES string of the molecule is O=C(O)[C@@H](C1CCCCC1)N1CC(c2ccccc2)[C@@H](CN2CCC(n3cnc4ccccc4c3=O)CC2)C1. The summed E-state index contributed by atoms with van der Waals surface area (Å²) in [7, 11) is 0. The van der Waals surface area contributed by atoms with Gasteiger partial charge in [0.25, 0.3) is 5.56 Å². The van der Waals surface area contributed by atoms with Crippen molar-refractivity contribution < 1.29 is 9.90 Å². The van der Waals surface area contributed by atoms with Crippen LogP contribution < -0.4 is 5.56 Å². The molecule has 7 nitrogen and oxygen atoms in total. The van der Waals surface area contributed by atoms with Crippen molar-refractivity contribution in [2.24, 2.45) is 11.8 Å². The Morgan fingerprint density at radius 2 is 1.64 bits per heavy atom. The fourth-order valence-electron chi connectivity index (χ4n) is 7.56. The number of likely N-dealkylation sites (tertiary alicyclic amines) is 2. The quantitative estimate of drug-likeness (QED) is 0.476. The van der Waals surface area contributed by atoms with E-state index in [1.165, 1.54) is 12.0 Å². The van der Waals surface area contributed by atoms with Gasteiger partial charge in [0.1, 0.15) is 6.04 Å². The van der Waals surface area contributed by atoms with Crippen LogP contribution in [0.2, 0.25) is 0 Å². The standard InChI is InChI=1S/C32H40N4O3/c37-31-27-13-7-8-14-29(27)33-22-36(31)26-15-17-34(18-16-26)19-25-20-35(21-28(25)23-9-3-1-4-10-23)30(32(38)39)24-11-5-2-6-12-24/h1,3-4,7-10,13-14,22,24-26,28,30H,2,5-6,11-12,15-21H2,(H,38,39)/t25-,28?,30+/m0/s1. The normalized spacial score (nSPS) is 24.7. The number of para-hydroxylation sites is 1. The number of aliphatic carboxylic acids is 1. The molecule has 1 N–H and O–H groups in total. The molecule has 2 aliphatic heterocycles. The largest absolute Gasteiger partial charge is 0.480 e. The van der Waals surface area contributed by atoms with Crippen molar-refractivity contribution >= 4 is 16.9 Å². The van der Waals surface area contributed by atoms with Crippen molar-refractivity contribution in [3.8, 4) is 0 Å². The molecule has 3 heterocycles. The fraction of sp³-hybridized carbons (Fsp3) is 0.531. The van der Waals surface area contributed by atoms with Crippen molar-refractivity contribution in [2.45, 2.75) is 62.9 Å². The molecule has 1 saturated carbocycles. The van der Waals surface area contributed by atoms with E-state index in [0.717, 1.165) is 76.8 Å². The second kappa shape index (κ2) is 11.6. The van der Waals surface area contributed by atoms with Crippen LogP contribution in [0.5, 0.6) is 0 Å². The number of carbonyl (C=O) groups is 1. The van der Waals surface area contributed by atoms with Crippen LogP contribution in [0, 0.1) is 11.8 Å². The zero-order chi connectivity index (χ0) is 26.8. The summed E-state index contributed by atoms with van der Waals surface area (Å²) in [4.78, 5) is 35.0. The molecule has 0 radical (unpaired) electrons. The van der Waals surface area contributed by atoms with Gasteiger partial charge in [0.2, 0.25) is 0 Å². The molecule has 3 aliphatic rings. The number of piperidine rings is 1. The number of hydrogen-bond acceptors (Lipinski definition) is 5. The summed E-state index contributed by atoms with van der Waals surface area (Å²) >= 11 is 0. The van der Waals surface area contributed by atoms with Gasteiger partial charge in [-0.05, 0) is 55.2 Å². The molecular formula is C32H40N4O3. The number of benzene rings is 2. The van der Waals surface area contributed by atoms with Crippen LogP contribution in [0.25, 0.3) is 10.9 Å². The summed E-state index contributed by atoms with van der Waals surface area (Å²) in [6.07, 6.45) is 9.17. The van der Waals surface area contributed by atoms with E-state index < -0.39 is 5.97 Å². The Morgan fingerprint density at radius 1 is 0.923 bits per heavy atom. The van der Waals surface area contributed by atoms with Crippen LogP contribution in [0.15, 0.2) is 65.7 Å². The maximum atomic E-state index is 13.1. The number of carboxylic acid groups (broad SMARTS) is 1. The Kier molecular flexibility index (Phi) is 7.80. The summed E-state index contributed by atoms with van der Waals surface area (Å²) in [6.45, 7) is 4.49. The molecule has 2 saturated heterocycles. The third kappa shape index (κ3) is 5.52. The molecule has 3 atom stereocenters. The van der Waals surface area contributed by atoms with Crippen LogP contribution in [0.3, 0.4) is 0 Å². The second-order valence-corrected chi connectivity index (χ2v) is 11.9. The second-order valence-electron chi connectivity index (χ2n) is 11.9. The van der Waals surface area contributed by atoms with Gasteiger partial charge in [0.05, 0.1) is 17.2 Å². The molecular weight excluding hydrogens is 488 g/mol. The van der Waals surface area contributed by atoms with E-state index in [1.54, 1.807) is 6.33 Å². The third-order valence-electron chi connectivity index (χ3n) is 9.57. The lowest BCUT2D eigenvalue weighted by Gasteiger charge is -2.35. The molecule has 0 amide bonds. The molecule has 206 valence electrons. The van der Waals surface area contributed by atoms with Crippen molar-refractivity contribution in [1.29, 1.82) is 0 Å². The number of fused-ring (bicyclic) bond motifs is 1. The van der Waals surface area contributed by atoms with Crippen molar-refractivity contribution in [3.05, 3.63) is 76.8 Å². The minimum Gasteiger partial charge on any atom is -0.480 e. The Bertz CT molecular complexity index is 1330. The number of nitrogens with zero attached hydrogens (tertiary/aromatic N) is 4. The van der Waals surface area contributed by atoms with E-state index in [0.29, 0.717) is 17.2 Å².